The van der Waals surface area contributed by atoms with Crippen LogP contribution in [0.2, 0.25) is 0 Å². The molecule has 5 nitrogen and oxygen atoms in total. The number of alkyl halides is 2. The van der Waals surface area contributed by atoms with E-state index in [1.165, 1.54) is 0 Å². The van der Waals surface area contributed by atoms with Crippen molar-refractivity contribution < 1.29 is 13.6 Å². The van der Waals surface area contributed by atoms with Crippen LogP contribution in [0, 0.1) is 5.92 Å². The van der Waals surface area contributed by atoms with Gasteiger partial charge in [0, 0.05) is 37.5 Å². The molecule has 0 radical (unpaired) electrons. The van der Waals surface area contributed by atoms with Crippen molar-refractivity contribution in [3.05, 3.63) is 30.1 Å². The van der Waals surface area contributed by atoms with Gasteiger partial charge in [-0.1, -0.05) is 12.1 Å². The Balaban J connectivity index is 1.63. The summed E-state index contributed by atoms with van der Waals surface area (Å²) in [6.07, 6.45) is 0.0878. The van der Waals surface area contributed by atoms with Crippen molar-refractivity contribution >= 4 is 22.6 Å². The van der Waals surface area contributed by atoms with Crippen LogP contribution < -0.4 is 4.90 Å². The molecule has 132 valence electrons. The molecule has 0 atom stereocenters. The smallest absolute Gasteiger partial charge is 0.297 e. The molecule has 2 aromatic rings. The van der Waals surface area contributed by atoms with E-state index < -0.39 is 12.2 Å². The number of para-hydroxylation sites is 1. The predicted molar refractivity (Wildman–Crippen MR) is 90.6 cm³/mol. The molecular weight excluding hydrogens is 326 g/mol. The number of anilines is 1. The van der Waals surface area contributed by atoms with Gasteiger partial charge in [-0.15, -0.1) is 0 Å². The lowest BCUT2D eigenvalue weighted by atomic mass is 10.2. The van der Waals surface area contributed by atoms with E-state index in [1.807, 2.05) is 21.9 Å². The van der Waals surface area contributed by atoms with Crippen molar-refractivity contribution in [2.24, 2.45) is 5.92 Å². The van der Waals surface area contributed by atoms with E-state index in [-0.39, 0.29) is 11.8 Å². The van der Waals surface area contributed by atoms with Gasteiger partial charge in [0.15, 0.2) is 5.82 Å². The molecule has 0 spiro atoms. The molecule has 1 amide bonds. The third kappa shape index (κ3) is 3.27. The van der Waals surface area contributed by atoms with Gasteiger partial charge in [-0.25, -0.2) is 18.7 Å². The lowest BCUT2D eigenvalue weighted by Gasteiger charge is -2.24. The first-order valence-electron chi connectivity index (χ1n) is 8.72. The Morgan fingerprint density at radius 2 is 1.88 bits per heavy atom. The van der Waals surface area contributed by atoms with Crippen LogP contribution in [0.1, 0.15) is 31.5 Å². The molecule has 0 bridgehead atoms. The lowest BCUT2D eigenvalue weighted by molar-refractivity contribution is -0.132. The summed E-state index contributed by atoms with van der Waals surface area (Å²) in [6.45, 7) is 2.62. The molecule has 2 fully saturated rings. The number of aromatic nitrogens is 2. The Bertz CT molecular complexity index is 794. The second kappa shape index (κ2) is 6.54. The minimum Gasteiger partial charge on any atom is -0.354 e. The van der Waals surface area contributed by atoms with Gasteiger partial charge in [-0.3, -0.25) is 4.79 Å². The van der Waals surface area contributed by atoms with Gasteiger partial charge in [-0.2, -0.15) is 0 Å². The number of halogens is 2. The molecule has 4 rings (SSSR count). The monoisotopic (exact) mass is 346 g/mol. The van der Waals surface area contributed by atoms with Crippen molar-refractivity contribution in [1.29, 1.82) is 0 Å². The zero-order valence-corrected chi connectivity index (χ0v) is 13.9. The maximum Gasteiger partial charge on any atom is 0.297 e. The molecule has 1 aromatic heterocycles. The average Bonchev–Trinajstić information content (AvgIpc) is 3.46. The lowest BCUT2D eigenvalue weighted by Crippen LogP contribution is -2.36. The summed E-state index contributed by atoms with van der Waals surface area (Å²) in [6, 6.07) is 7.23. The number of fused-ring (bicyclic) bond motifs is 1. The van der Waals surface area contributed by atoms with Crippen LogP contribution in [0.15, 0.2) is 24.3 Å². The van der Waals surface area contributed by atoms with E-state index in [1.54, 1.807) is 12.1 Å². The topological polar surface area (TPSA) is 49.3 Å². The largest absolute Gasteiger partial charge is 0.354 e. The van der Waals surface area contributed by atoms with Crippen LogP contribution in [-0.2, 0) is 4.79 Å². The molecule has 2 heterocycles. The fourth-order valence-corrected chi connectivity index (χ4v) is 3.35. The highest BCUT2D eigenvalue weighted by Gasteiger charge is 2.34. The molecule has 1 aromatic carbocycles. The number of hydrogen-bond acceptors (Lipinski definition) is 4. The number of hydrogen-bond donors (Lipinski definition) is 0. The number of carbonyl (C=O) groups is 1. The molecule has 1 saturated carbocycles. The van der Waals surface area contributed by atoms with Crippen LogP contribution >= 0.6 is 0 Å². The maximum atomic E-state index is 13.2. The van der Waals surface area contributed by atoms with E-state index in [4.69, 9.17) is 0 Å². The number of benzene rings is 1. The summed E-state index contributed by atoms with van der Waals surface area (Å²) < 4.78 is 26.4. The fraction of sp³-hybridized carbons (Fsp3) is 0.500. The minimum atomic E-state index is -2.71. The number of amides is 1. The van der Waals surface area contributed by atoms with Crippen molar-refractivity contribution in [1.82, 2.24) is 14.9 Å². The molecular formula is C18H20F2N4O. The first-order valence-corrected chi connectivity index (χ1v) is 8.72. The van der Waals surface area contributed by atoms with E-state index in [2.05, 4.69) is 9.97 Å². The highest BCUT2D eigenvalue weighted by molar-refractivity contribution is 5.89. The number of rotatable bonds is 3. The molecule has 0 unspecified atom stereocenters. The fourth-order valence-electron chi connectivity index (χ4n) is 3.35. The van der Waals surface area contributed by atoms with Crippen LogP contribution in [-0.4, -0.2) is 47.0 Å². The highest BCUT2D eigenvalue weighted by atomic mass is 19.3. The van der Waals surface area contributed by atoms with Crippen molar-refractivity contribution in [2.75, 3.05) is 31.1 Å². The second-order valence-corrected chi connectivity index (χ2v) is 6.66. The van der Waals surface area contributed by atoms with Gasteiger partial charge in [0.25, 0.3) is 6.43 Å². The normalized spacial score (nSPS) is 18.7. The molecule has 1 aliphatic heterocycles. The summed E-state index contributed by atoms with van der Waals surface area (Å²) in [5, 5.41) is 0.772. The summed E-state index contributed by atoms with van der Waals surface area (Å²) in [4.78, 5) is 24.3. The molecule has 1 aliphatic carbocycles. The first kappa shape index (κ1) is 16.2. The van der Waals surface area contributed by atoms with Gasteiger partial charge in [0.05, 0.1) is 5.52 Å². The van der Waals surface area contributed by atoms with Gasteiger partial charge in [0.2, 0.25) is 5.91 Å². The number of carbonyl (C=O) groups excluding carboxylic acids is 1. The van der Waals surface area contributed by atoms with E-state index >= 15 is 0 Å². The maximum absolute atomic E-state index is 13.2. The Kier molecular flexibility index (Phi) is 4.23. The van der Waals surface area contributed by atoms with Crippen molar-refractivity contribution in [2.45, 2.75) is 25.7 Å². The minimum absolute atomic E-state index is 0.205. The highest BCUT2D eigenvalue weighted by Crippen LogP contribution is 2.32. The van der Waals surface area contributed by atoms with Crippen molar-refractivity contribution in [3.8, 4) is 0 Å². The van der Waals surface area contributed by atoms with Gasteiger partial charge in [-0.05, 0) is 31.4 Å². The molecule has 7 heteroatoms. The van der Waals surface area contributed by atoms with Gasteiger partial charge in [0.1, 0.15) is 5.82 Å². The van der Waals surface area contributed by atoms with E-state index in [0.717, 1.165) is 31.2 Å². The van der Waals surface area contributed by atoms with Crippen LogP contribution in [0.5, 0.6) is 0 Å². The zero-order chi connectivity index (χ0) is 17.4. The SMILES string of the molecule is O=C(C1CC1)N1CCCN(c2nc(C(F)F)nc3ccccc23)CC1. The molecule has 25 heavy (non-hydrogen) atoms. The van der Waals surface area contributed by atoms with Gasteiger partial charge >= 0.3 is 0 Å². The van der Waals surface area contributed by atoms with Crippen molar-refractivity contribution in [3.63, 3.8) is 0 Å². The summed E-state index contributed by atoms with van der Waals surface area (Å²) >= 11 is 0. The Labute approximate surface area is 144 Å². The first-order chi connectivity index (χ1) is 12.1. The molecule has 2 aliphatic rings. The van der Waals surface area contributed by atoms with Crippen LogP contribution in [0.25, 0.3) is 10.9 Å². The van der Waals surface area contributed by atoms with E-state index in [9.17, 15) is 13.6 Å². The van der Waals surface area contributed by atoms with Crippen LogP contribution in [0.3, 0.4) is 0 Å². The predicted octanol–water partition coefficient (Wildman–Crippen LogP) is 3.02. The van der Waals surface area contributed by atoms with Crippen LogP contribution in [0.4, 0.5) is 14.6 Å². The molecule has 1 saturated heterocycles. The summed E-state index contributed by atoms with van der Waals surface area (Å²) in [5.74, 6) is 0.546. The average molecular weight is 346 g/mol. The van der Waals surface area contributed by atoms with Gasteiger partial charge < -0.3 is 9.80 Å². The summed E-state index contributed by atoms with van der Waals surface area (Å²) in [5.41, 5.74) is 0.526. The third-order valence-electron chi connectivity index (χ3n) is 4.83. The second-order valence-electron chi connectivity index (χ2n) is 6.66. The Morgan fingerprint density at radius 3 is 2.64 bits per heavy atom. The Morgan fingerprint density at radius 1 is 1.08 bits per heavy atom. The summed E-state index contributed by atoms with van der Waals surface area (Å²) in [7, 11) is 0. The molecule has 0 N–H and O–H groups in total. The Hall–Kier alpha value is -2.31. The third-order valence-corrected chi connectivity index (χ3v) is 4.83. The zero-order valence-electron chi connectivity index (χ0n) is 13.9. The van der Waals surface area contributed by atoms with E-state index in [0.29, 0.717) is 31.0 Å². The standard InChI is InChI=1S/C18H20F2N4O/c19-15(20)16-21-14-5-2-1-4-13(14)17(22-16)23-8-3-9-24(11-10-23)18(25)12-6-7-12/h1-2,4-5,12,15H,3,6-11H2. The number of nitrogens with zero attached hydrogens (tertiary/aromatic N) is 4. The quantitative estimate of drug-likeness (QED) is 0.857.